The maximum absolute atomic E-state index is 2.47. The summed E-state index contributed by atoms with van der Waals surface area (Å²) in [5, 5.41) is 0. The summed E-state index contributed by atoms with van der Waals surface area (Å²) in [7, 11) is 4.54. The average molecular weight is 406 g/mol. The second kappa shape index (κ2) is 22.1. The molecule has 0 fully saturated rings. The van der Waals surface area contributed by atoms with E-state index in [0.717, 1.165) is 12.5 Å². The van der Waals surface area contributed by atoms with Gasteiger partial charge in [0.25, 0.3) is 0 Å². The van der Waals surface area contributed by atoms with Crippen LogP contribution < -0.4 is 0 Å². The lowest BCUT2D eigenvalue weighted by Gasteiger charge is -2.24. The molecule has 0 rings (SSSR count). The standard InChI is InChI=1S/C28H55N/c1-6-8-10-12-16-19-23-27(3)24-20-17-13-14-18-22-26-28(29(4)5)25-21-15-11-9-7-2/h16,19,24,28H,6-15,17-18,20-23,25-26H2,1-5H3/b19-16-,27-24+. The van der Waals surface area contributed by atoms with Gasteiger partial charge in [0.1, 0.15) is 0 Å². The fourth-order valence-corrected chi connectivity index (χ4v) is 4.03. The summed E-state index contributed by atoms with van der Waals surface area (Å²) in [4.78, 5) is 2.46. The van der Waals surface area contributed by atoms with Crippen LogP contribution in [0.25, 0.3) is 0 Å². The van der Waals surface area contributed by atoms with E-state index in [1.54, 1.807) is 5.57 Å². The summed E-state index contributed by atoms with van der Waals surface area (Å²) in [6.45, 7) is 6.86. The molecule has 0 bridgehead atoms. The van der Waals surface area contributed by atoms with Crippen LogP contribution >= 0.6 is 0 Å². The molecule has 1 nitrogen and oxygen atoms in total. The number of rotatable bonds is 21. The molecular formula is C28H55N. The molecule has 29 heavy (non-hydrogen) atoms. The Morgan fingerprint density at radius 3 is 1.79 bits per heavy atom. The predicted octanol–water partition coefficient (Wildman–Crippen LogP) is 9.48. The minimum absolute atomic E-state index is 0.803. The first-order valence-electron chi connectivity index (χ1n) is 13.1. The minimum Gasteiger partial charge on any atom is -0.306 e. The summed E-state index contributed by atoms with van der Waals surface area (Å²) in [5.74, 6) is 0. The van der Waals surface area contributed by atoms with Crippen LogP contribution in [-0.2, 0) is 0 Å². The fourth-order valence-electron chi connectivity index (χ4n) is 4.03. The Morgan fingerprint density at radius 2 is 1.17 bits per heavy atom. The van der Waals surface area contributed by atoms with Gasteiger partial charge in [-0.2, -0.15) is 0 Å². The van der Waals surface area contributed by atoms with E-state index in [-0.39, 0.29) is 0 Å². The first kappa shape index (κ1) is 28.4. The van der Waals surface area contributed by atoms with Crippen LogP contribution in [0, 0.1) is 0 Å². The molecule has 0 aromatic rings. The van der Waals surface area contributed by atoms with Crippen molar-refractivity contribution in [3.05, 3.63) is 23.8 Å². The first-order valence-corrected chi connectivity index (χ1v) is 13.1. The van der Waals surface area contributed by atoms with E-state index in [9.17, 15) is 0 Å². The van der Waals surface area contributed by atoms with Gasteiger partial charge in [0.2, 0.25) is 0 Å². The molecule has 0 saturated carbocycles. The lowest BCUT2D eigenvalue weighted by molar-refractivity contribution is 0.251. The third kappa shape index (κ3) is 20.5. The molecular weight excluding hydrogens is 350 g/mol. The SMILES string of the molecule is CCCCC/C=C\C/C(C)=C/CCCCCCCC(CCCCCCC)N(C)C. The second-order valence-corrected chi connectivity index (χ2v) is 9.39. The van der Waals surface area contributed by atoms with Crippen LogP contribution in [0.5, 0.6) is 0 Å². The molecule has 0 amide bonds. The zero-order valence-corrected chi connectivity index (χ0v) is 21.0. The Bertz CT molecular complexity index is 380. The van der Waals surface area contributed by atoms with Crippen LogP contribution in [0.1, 0.15) is 136 Å². The van der Waals surface area contributed by atoms with Crippen molar-refractivity contribution in [3.63, 3.8) is 0 Å². The highest BCUT2D eigenvalue weighted by molar-refractivity contribution is 5.04. The lowest BCUT2D eigenvalue weighted by Crippen LogP contribution is -2.27. The Hall–Kier alpha value is -0.560. The summed E-state index contributed by atoms with van der Waals surface area (Å²) < 4.78 is 0. The highest BCUT2D eigenvalue weighted by atomic mass is 15.1. The summed E-state index contributed by atoms with van der Waals surface area (Å²) in [6, 6.07) is 0.803. The first-order chi connectivity index (χ1) is 14.1. The average Bonchev–Trinajstić information content (AvgIpc) is 2.70. The summed E-state index contributed by atoms with van der Waals surface area (Å²) in [6.07, 6.45) is 31.8. The van der Waals surface area contributed by atoms with Crippen LogP contribution in [0.2, 0.25) is 0 Å². The van der Waals surface area contributed by atoms with Gasteiger partial charge in [-0.15, -0.1) is 0 Å². The topological polar surface area (TPSA) is 3.24 Å². The van der Waals surface area contributed by atoms with Crippen molar-refractivity contribution in [2.75, 3.05) is 14.1 Å². The monoisotopic (exact) mass is 405 g/mol. The molecule has 0 aliphatic heterocycles. The fraction of sp³-hybridized carbons (Fsp3) is 0.857. The molecule has 1 atom stereocenters. The zero-order chi connectivity index (χ0) is 21.6. The third-order valence-electron chi connectivity index (χ3n) is 6.19. The molecule has 1 heteroatoms. The smallest absolute Gasteiger partial charge is 0.00891 e. The van der Waals surface area contributed by atoms with E-state index < -0.39 is 0 Å². The van der Waals surface area contributed by atoms with Crippen LogP contribution in [0.15, 0.2) is 23.8 Å². The molecule has 0 aliphatic rings. The van der Waals surface area contributed by atoms with Gasteiger partial charge >= 0.3 is 0 Å². The van der Waals surface area contributed by atoms with Gasteiger partial charge in [0.05, 0.1) is 0 Å². The normalized spacial score (nSPS) is 13.7. The molecule has 0 radical (unpaired) electrons. The molecule has 0 aromatic heterocycles. The van der Waals surface area contributed by atoms with E-state index in [1.165, 1.54) is 109 Å². The summed E-state index contributed by atoms with van der Waals surface area (Å²) >= 11 is 0. The molecule has 0 saturated heterocycles. The van der Waals surface area contributed by atoms with Gasteiger partial charge in [-0.05, 0) is 66.0 Å². The van der Waals surface area contributed by atoms with E-state index in [2.05, 4.69) is 58.0 Å². The second-order valence-electron chi connectivity index (χ2n) is 9.39. The van der Waals surface area contributed by atoms with Gasteiger partial charge in [-0.25, -0.2) is 0 Å². The highest BCUT2D eigenvalue weighted by Crippen LogP contribution is 2.17. The molecule has 0 aromatic carbocycles. The van der Waals surface area contributed by atoms with Crippen LogP contribution in [0.4, 0.5) is 0 Å². The van der Waals surface area contributed by atoms with Crippen molar-refractivity contribution < 1.29 is 0 Å². The molecule has 0 spiro atoms. The number of nitrogens with zero attached hydrogens (tertiary/aromatic N) is 1. The van der Waals surface area contributed by atoms with Gasteiger partial charge in [-0.1, -0.05) is 108 Å². The van der Waals surface area contributed by atoms with Crippen molar-refractivity contribution in [1.29, 1.82) is 0 Å². The third-order valence-corrected chi connectivity index (χ3v) is 6.19. The van der Waals surface area contributed by atoms with Gasteiger partial charge in [-0.3, -0.25) is 0 Å². The van der Waals surface area contributed by atoms with Crippen molar-refractivity contribution in [2.45, 2.75) is 142 Å². The van der Waals surface area contributed by atoms with E-state index in [0.29, 0.717) is 0 Å². The summed E-state index contributed by atoms with van der Waals surface area (Å²) in [5.41, 5.74) is 1.55. The van der Waals surface area contributed by atoms with Crippen molar-refractivity contribution >= 4 is 0 Å². The van der Waals surface area contributed by atoms with Crippen molar-refractivity contribution in [3.8, 4) is 0 Å². The van der Waals surface area contributed by atoms with Crippen LogP contribution in [0.3, 0.4) is 0 Å². The Balaban J connectivity index is 3.63. The van der Waals surface area contributed by atoms with Gasteiger partial charge < -0.3 is 4.90 Å². The highest BCUT2D eigenvalue weighted by Gasteiger charge is 2.10. The number of hydrogen-bond donors (Lipinski definition) is 0. The molecule has 172 valence electrons. The number of hydrogen-bond acceptors (Lipinski definition) is 1. The lowest BCUT2D eigenvalue weighted by atomic mass is 9.99. The van der Waals surface area contributed by atoms with E-state index >= 15 is 0 Å². The Morgan fingerprint density at radius 1 is 0.655 bits per heavy atom. The van der Waals surface area contributed by atoms with Gasteiger partial charge in [0, 0.05) is 6.04 Å². The van der Waals surface area contributed by atoms with Gasteiger partial charge in [0.15, 0.2) is 0 Å². The predicted molar refractivity (Wildman–Crippen MR) is 135 cm³/mol. The zero-order valence-electron chi connectivity index (χ0n) is 21.0. The molecule has 1 unspecified atom stereocenters. The molecule has 0 heterocycles. The van der Waals surface area contributed by atoms with Crippen molar-refractivity contribution in [2.24, 2.45) is 0 Å². The van der Waals surface area contributed by atoms with E-state index in [1.807, 2.05) is 0 Å². The number of unbranched alkanes of at least 4 members (excludes halogenated alkanes) is 12. The quantitative estimate of drug-likeness (QED) is 0.136. The molecule has 0 aliphatic carbocycles. The van der Waals surface area contributed by atoms with E-state index in [4.69, 9.17) is 0 Å². The maximum Gasteiger partial charge on any atom is 0.00891 e. The minimum atomic E-state index is 0.803. The van der Waals surface area contributed by atoms with Crippen LogP contribution in [-0.4, -0.2) is 25.0 Å². The number of allylic oxidation sites excluding steroid dienone is 4. The Labute approximate surface area is 185 Å². The Kier molecular flexibility index (Phi) is 21.7. The largest absolute Gasteiger partial charge is 0.306 e. The molecule has 0 N–H and O–H groups in total. The van der Waals surface area contributed by atoms with Crippen molar-refractivity contribution in [1.82, 2.24) is 4.90 Å². The maximum atomic E-state index is 2.47.